The zero-order valence-electron chi connectivity index (χ0n) is 17.4. The van der Waals surface area contributed by atoms with Gasteiger partial charge in [-0.2, -0.15) is 0 Å². The number of hydrogen-bond acceptors (Lipinski definition) is 7. The minimum atomic E-state index is -0.0898. The van der Waals surface area contributed by atoms with Crippen molar-refractivity contribution in [1.29, 1.82) is 0 Å². The molecular weight excluding hydrogens is 376 g/mol. The standard InChI is InChI=1S/C22H24O7/c1-24-16-8-12(9-17(25-2)21(16)28-5)7-13-10-15-14(19(13)23)11-18(26-3)22(29-6)20(15)27-4/h7-9,11H,10H2,1-6H3/b13-7+. The van der Waals surface area contributed by atoms with E-state index in [2.05, 4.69) is 0 Å². The van der Waals surface area contributed by atoms with Crippen molar-refractivity contribution in [3.05, 3.63) is 40.5 Å². The maximum atomic E-state index is 13.1. The number of ether oxygens (including phenoxy) is 6. The molecule has 0 unspecified atom stereocenters. The van der Waals surface area contributed by atoms with Gasteiger partial charge in [-0.1, -0.05) is 0 Å². The summed E-state index contributed by atoms with van der Waals surface area (Å²) in [4.78, 5) is 13.1. The van der Waals surface area contributed by atoms with Crippen molar-refractivity contribution in [1.82, 2.24) is 0 Å². The van der Waals surface area contributed by atoms with E-state index < -0.39 is 0 Å². The minimum Gasteiger partial charge on any atom is -0.493 e. The van der Waals surface area contributed by atoms with Crippen molar-refractivity contribution >= 4 is 11.9 Å². The van der Waals surface area contributed by atoms with Crippen molar-refractivity contribution in [2.45, 2.75) is 6.42 Å². The third-order valence-corrected chi connectivity index (χ3v) is 4.86. The summed E-state index contributed by atoms with van der Waals surface area (Å²) < 4.78 is 32.5. The topological polar surface area (TPSA) is 72.5 Å². The Morgan fingerprint density at radius 1 is 0.690 bits per heavy atom. The maximum absolute atomic E-state index is 13.1. The van der Waals surface area contributed by atoms with Gasteiger partial charge in [0.15, 0.2) is 28.8 Å². The Hall–Kier alpha value is -3.35. The van der Waals surface area contributed by atoms with Crippen LogP contribution in [0.1, 0.15) is 21.5 Å². The van der Waals surface area contributed by atoms with Crippen LogP contribution in [0.3, 0.4) is 0 Å². The number of allylic oxidation sites excluding steroid dienone is 1. The van der Waals surface area contributed by atoms with Crippen molar-refractivity contribution in [3.8, 4) is 34.5 Å². The number of carbonyl (C=O) groups is 1. The second kappa shape index (κ2) is 8.34. The molecule has 0 aromatic heterocycles. The van der Waals surface area contributed by atoms with E-state index >= 15 is 0 Å². The van der Waals surface area contributed by atoms with Crippen LogP contribution in [-0.2, 0) is 6.42 Å². The van der Waals surface area contributed by atoms with Gasteiger partial charge in [-0.25, -0.2) is 0 Å². The molecule has 0 aliphatic heterocycles. The van der Waals surface area contributed by atoms with Gasteiger partial charge in [0.05, 0.1) is 42.7 Å². The number of rotatable bonds is 7. The van der Waals surface area contributed by atoms with E-state index in [1.54, 1.807) is 46.6 Å². The summed E-state index contributed by atoms with van der Waals surface area (Å²) in [6.07, 6.45) is 2.22. The Bertz CT molecular complexity index is 951. The highest BCUT2D eigenvalue weighted by Crippen LogP contribution is 2.46. The zero-order valence-corrected chi connectivity index (χ0v) is 17.4. The summed E-state index contributed by atoms with van der Waals surface area (Å²) in [5.74, 6) is 2.86. The summed E-state index contributed by atoms with van der Waals surface area (Å²) in [5.41, 5.74) is 2.68. The number of carbonyl (C=O) groups excluding carboxylic acids is 1. The Labute approximate surface area is 169 Å². The highest BCUT2D eigenvalue weighted by molar-refractivity contribution is 6.16. The molecule has 0 N–H and O–H groups in total. The fourth-order valence-electron chi connectivity index (χ4n) is 3.54. The third-order valence-electron chi connectivity index (χ3n) is 4.86. The molecule has 0 saturated carbocycles. The number of ketones is 1. The quantitative estimate of drug-likeness (QED) is 0.658. The lowest BCUT2D eigenvalue weighted by molar-refractivity contribution is 0.104. The molecule has 3 rings (SSSR count). The van der Waals surface area contributed by atoms with E-state index in [0.717, 1.165) is 11.1 Å². The lowest BCUT2D eigenvalue weighted by Gasteiger charge is -2.15. The molecule has 2 aromatic carbocycles. The number of methoxy groups -OCH3 is 6. The van der Waals surface area contributed by atoms with Crippen LogP contribution in [-0.4, -0.2) is 48.4 Å². The molecule has 7 heteroatoms. The van der Waals surface area contributed by atoms with Crippen molar-refractivity contribution in [2.75, 3.05) is 42.7 Å². The summed E-state index contributed by atoms with van der Waals surface area (Å²) in [5, 5.41) is 0. The first-order valence-electron chi connectivity index (χ1n) is 8.89. The molecule has 0 atom stereocenters. The molecule has 2 aromatic rings. The Kier molecular flexibility index (Phi) is 5.87. The van der Waals surface area contributed by atoms with E-state index in [1.165, 1.54) is 14.2 Å². The lowest BCUT2D eigenvalue weighted by Crippen LogP contribution is -2.01. The third kappa shape index (κ3) is 3.44. The first-order chi connectivity index (χ1) is 14.0. The van der Waals surface area contributed by atoms with Crippen molar-refractivity contribution < 1.29 is 33.2 Å². The molecule has 0 amide bonds. The second-order valence-electron chi connectivity index (χ2n) is 6.31. The smallest absolute Gasteiger partial charge is 0.203 e. The highest BCUT2D eigenvalue weighted by Gasteiger charge is 2.32. The molecule has 0 heterocycles. The molecule has 7 nitrogen and oxygen atoms in total. The maximum Gasteiger partial charge on any atom is 0.203 e. The first-order valence-corrected chi connectivity index (χ1v) is 8.89. The van der Waals surface area contributed by atoms with Crippen LogP contribution in [0.15, 0.2) is 23.8 Å². The number of fused-ring (bicyclic) bond motifs is 1. The molecule has 29 heavy (non-hydrogen) atoms. The predicted octanol–water partition coefficient (Wildman–Crippen LogP) is 3.56. The van der Waals surface area contributed by atoms with E-state index in [1.807, 2.05) is 6.08 Å². The highest BCUT2D eigenvalue weighted by atomic mass is 16.5. The number of Topliss-reactive ketones (excluding diaryl/α,β-unsaturated/α-hetero) is 1. The lowest BCUT2D eigenvalue weighted by atomic mass is 10.1. The fraction of sp³-hybridized carbons (Fsp3) is 0.318. The van der Waals surface area contributed by atoms with Gasteiger partial charge >= 0.3 is 0 Å². The molecule has 0 spiro atoms. The van der Waals surface area contributed by atoms with Gasteiger partial charge in [-0.3, -0.25) is 4.79 Å². The molecule has 154 valence electrons. The van der Waals surface area contributed by atoms with Gasteiger partial charge in [0.2, 0.25) is 11.5 Å². The van der Waals surface area contributed by atoms with Crippen LogP contribution >= 0.6 is 0 Å². The largest absolute Gasteiger partial charge is 0.493 e. The van der Waals surface area contributed by atoms with Gasteiger partial charge in [0, 0.05) is 23.1 Å². The van der Waals surface area contributed by atoms with Crippen LogP contribution in [0.25, 0.3) is 6.08 Å². The molecule has 0 bridgehead atoms. The predicted molar refractivity (Wildman–Crippen MR) is 108 cm³/mol. The average Bonchev–Trinajstić information content (AvgIpc) is 3.06. The van der Waals surface area contributed by atoms with Gasteiger partial charge in [0.1, 0.15) is 0 Å². The van der Waals surface area contributed by atoms with Gasteiger partial charge in [-0.15, -0.1) is 0 Å². The van der Waals surface area contributed by atoms with Gasteiger partial charge < -0.3 is 28.4 Å². The molecule has 0 radical (unpaired) electrons. The molecule has 1 aliphatic rings. The van der Waals surface area contributed by atoms with Crippen LogP contribution in [0.2, 0.25) is 0 Å². The van der Waals surface area contributed by atoms with E-state index in [-0.39, 0.29) is 5.78 Å². The minimum absolute atomic E-state index is 0.0898. The summed E-state index contributed by atoms with van der Waals surface area (Å²) >= 11 is 0. The molecule has 1 aliphatic carbocycles. The fourth-order valence-corrected chi connectivity index (χ4v) is 3.54. The summed E-state index contributed by atoms with van der Waals surface area (Å²) in [6, 6.07) is 5.28. The van der Waals surface area contributed by atoms with Crippen LogP contribution < -0.4 is 28.4 Å². The molecule has 0 saturated heterocycles. The number of hydrogen-bond donors (Lipinski definition) is 0. The molecular formula is C22H24O7. The van der Waals surface area contributed by atoms with Crippen LogP contribution in [0.5, 0.6) is 34.5 Å². The van der Waals surface area contributed by atoms with E-state index in [9.17, 15) is 4.79 Å². The second-order valence-corrected chi connectivity index (χ2v) is 6.31. The first kappa shape index (κ1) is 20.4. The SMILES string of the molecule is COc1cc(/C=C2\Cc3c(cc(OC)c(OC)c3OC)C2=O)cc(OC)c1OC. The zero-order chi connectivity index (χ0) is 21.1. The van der Waals surface area contributed by atoms with Crippen LogP contribution in [0, 0.1) is 0 Å². The number of benzene rings is 2. The van der Waals surface area contributed by atoms with Crippen molar-refractivity contribution in [2.24, 2.45) is 0 Å². The normalized spacial score (nSPS) is 13.9. The Balaban J connectivity index is 2.10. The van der Waals surface area contributed by atoms with Gasteiger partial charge in [0.25, 0.3) is 0 Å². The average molecular weight is 400 g/mol. The molecule has 0 fully saturated rings. The van der Waals surface area contributed by atoms with E-state index in [0.29, 0.717) is 52.1 Å². The van der Waals surface area contributed by atoms with Gasteiger partial charge in [-0.05, 0) is 29.8 Å². The van der Waals surface area contributed by atoms with E-state index in [4.69, 9.17) is 28.4 Å². The summed E-state index contributed by atoms with van der Waals surface area (Å²) in [7, 11) is 9.25. The summed E-state index contributed by atoms with van der Waals surface area (Å²) in [6.45, 7) is 0. The van der Waals surface area contributed by atoms with Crippen molar-refractivity contribution in [3.63, 3.8) is 0 Å². The Morgan fingerprint density at radius 2 is 1.21 bits per heavy atom. The monoisotopic (exact) mass is 400 g/mol. The Morgan fingerprint density at radius 3 is 1.69 bits per heavy atom. The van der Waals surface area contributed by atoms with Crippen LogP contribution in [0.4, 0.5) is 0 Å².